The molecule has 0 radical (unpaired) electrons. The third-order valence-corrected chi connectivity index (χ3v) is 2.89. The van der Waals surface area contributed by atoms with E-state index in [0.717, 1.165) is 27.8 Å². The molecule has 3 rings (SSSR count). The molecule has 0 N–H and O–H groups in total. The number of nitrogens with zero attached hydrogens (tertiary/aromatic N) is 2. The van der Waals surface area contributed by atoms with E-state index in [0.29, 0.717) is 0 Å². The first kappa shape index (κ1) is 8.29. The highest BCUT2D eigenvalue weighted by Crippen LogP contribution is 2.32. The molecule has 1 atom stereocenters. The molecule has 14 heavy (non-hydrogen) atoms. The van der Waals surface area contributed by atoms with Gasteiger partial charge in [-0.1, -0.05) is 15.9 Å². The average Bonchev–Trinajstić information content (AvgIpc) is 2.59. The van der Waals surface area contributed by atoms with Crippen molar-refractivity contribution in [3.05, 3.63) is 22.7 Å². The standard InChI is InChI=1S/C10H9BrN2O/c1-6-5-13-10(14-6)8-3-2-7(11)4-9(8)12-13/h2-4,6H,5H2,1H3. The van der Waals surface area contributed by atoms with Crippen LogP contribution < -0.4 is 4.74 Å². The third kappa shape index (κ3) is 1.07. The van der Waals surface area contributed by atoms with Crippen LogP contribution in [0.5, 0.6) is 5.88 Å². The van der Waals surface area contributed by atoms with Crippen molar-refractivity contribution in [3.63, 3.8) is 0 Å². The maximum atomic E-state index is 5.69. The van der Waals surface area contributed by atoms with Crippen LogP contribution in [0.3, 0.4) is 0 Å². The van der Waals surface area contributed by atoms with Crippen molar-refractivity contribution in [1.82, 2.24) is 9.78 Å². The Hall–Kier alpha value is -1.03. The molecule has 0 saturated carbocycles. The van der Waals surface area contributed by atoms with Crippen LogP contribution in [0.15, 0.2) is 22.7 Å². The summed E-state index contributed by atoms with van der Waals surface area (Å²) in [5, 5.41) is 5.56. The Morgan fingerprint density at radius 2 is 2.43 bits per heavy atom. The molecule has 0 bridgehead atoms. The van der Waals surface area contributed by atoms with Crippen LogP contribution in [-0.4, -0.2) is 15.9 Å². The number of benzene rings is 1. The van der Waals surface area contributed by atoms with Crippen LogP contribution in [-0.2, 0) is 6.54 Å². The van der Waals surface area contributed by atoms with Gasteiger partial charge in [0.2, 0.25) is 5.88 Å². The van der Waals surface area contributed by atoms with Crippen LogP contribution in [0.2, 0.25) is 0 Å². The van der Waals surface area contributed by atoms with E-state index in [4.69, 9.17) is 4.74 Å². The van der Waals surface area contributed by atoms with Crippen LogP contribution >= 0.6 is 15.9 Å². The van der Waals surface area contributed by atoms with Crippen LogP contribution in [0.1, 0.15) is 6.92 Å². The molecule has 72 valence electrons. The number of halogens is 1. The molecular formula is C10H9BrN2O. The van der Waals surface area contributed by atoms with E-state index in [1.165, 1.54) is 0 Å². The van der Waals surface area contributed by atoms with Crippen molar-refractivity contribution in [2.75, 3.05) is 0 Å². The van der Waals surface area contributed by atoms with Gasteiger partial charge in [-0.25, -0.2) is 4.68 Å². The minimum atomic E-state index is 0.241. The van der Waals surface area contributed by atoms with E-state index in [-0.39, 0.29) is 6.10 Å². The summed E-state index contributed by atoms with van der Waals surface area (Å²) in [6.07, 6.45) is 0.241. The summed E-state index contributed by atoms with van der Waals surface area (Å²) in [6, 6.07) is 6.06. The maximum Gasteiger partial charge on any atom is 0.220 e. The number of hydrogen-bond donors (Lipinski definition) is 0. The quantitative estimate of drug-likeness (QED) is 0.721. The Bertz CT molecular complexity index is 506. The Balaban J connectivity index is 2.28. The highest BCUT2D eigenvalue weighted by molar-refractivity contribution is 9.10. The van der Waals surface area contributed by atoms with Crippen molar-refractivity contribution in [3.8, 4) is 5.88 Å². The molecule has 3 nitrogen and oxygen atoms in total. The number of ether oxygens (including phenoxy) is 1. The number of aromatic nitrogens is 2. The largest absolute Gasteiger partial charge is 0.472 e. The molecule has 4 heteroatoms. The van der Waals surface area contributed by atoms with E-state index in [9.17, 15) is 0 Å². The Labute approximate surface area is 89.8 Å². The summed E-state index contributed by atoms with van der Waals surface area (Å²) in [6.45, 7) is 2.90. The Morgan fingerprint density at radius 1 is 1.57 bits per heavy atom. The summed E-state index contributed by atoms with van der Waals surface area (Å²) >= 11 is 3.43. The lowest BCUT2D eigenvalue weighted by Gasteiger charge is -2.00. The number of hydrogen-bond acceptors (Lipinski definition) is 2. The Kier molecular flexibility index (Phi) is 1.62. The summed E-state index contributed by atoms with van der Waals surface area (Å²) in [5.74, 6) is 0.903. The molecule has 0 aliphatic carbocycles. The van der Waals surface area contributed by atoms with Gasteiger partial charge in [0, 0.05) is 4.47 Å². The lowest BCUT2D eigenvalue weighted by molar-refractivity contribution is 0.256. The zero-order valence-electron chi connectivity index (χ0n) is 7.70. The second kappa shape index (κ2) is 2.73. The molecule has 1 aromatic carbocycles. The summed E-state index contributed by atoms with van der Waals surface area (Å²) in [4.78, 5) is 0. The van der Waals surface area contributed by atoms with E-state index < -0.39 is 0 Å². The molecule has 0 fully saturated rings. The molecule has 2 aromatic rings. The molecule has 0 amide bonds. The topological polar surface area (TPSA) is 27.1 Å². The highest BCUT2D eigenvalue weighted by Gasteiger charge is 2.22. The van der Waals surface area contributed by atoms with Crippen molar-refractivity contribution in [2.24, 2.45) is 0 Å². The van der Waals surface area contributed by atoms with Gasteiger partial charge >= 0.3 is 0 Å². The summed E-state index contributed by atoms with van der Waals surface area (Å²) in [5.41, 5.74) is 0.987. The van der Waals surface area contributed by atoms with Crippen LogP contribution in [0.4, 0.5) is 0 Å². The average molecular weight is 253 g/mol. The second-order valence-corrected chi connectivity index (χ2v) is 4.49. The van der Waals surface area contributed by atoms with Crippen molar-refractivity contribution >= 4 is 26.8 Å². The van der Waals surface area contributed by atoms with Gasteiger partial charge in [-0.15, -0.1) is 0 Å². The smallest absolute Gasteiger partial charge is 0.220 e. The van der Waals surface area contributed by atoms with Gasteiger partial charge in [-0.2, -0.15) is 5.10 Å². The van der Waals surface area contributed by atoms with Gasteiger partial charge in [0.15, 0.2) is 0 Å². The molecule has 1 aromatic heterocycles. The third-order valence-electron chi connectivity index (χ3n) is 2.40. The number of rotatable bonds is 0. The first-order chi connectivity index (χ1) is 6.74. The maximum absolute atomic E-state index is 5.69. The Morgan fingerprint density at radius 3 is 3.29 bits per heavy atom. The number of fused-ring (bicyclic) bond motifs is 3. The zero-order valence-corrected chi connectivity index (χ0v) is 9.28. The summed E-state index contributed by atoms with van der Waals surface area (Å²) in [7, 11) is 0. The van der Waals surface area contributed by atoms with Crippen molar-refractivity contribution < 1.29 is 4.74 Å². The fourth-order valence-corrected chi connectivity index (χ4v) is 2.15. The van der Waals surface area contributed by atoms with Gasteiger partial charge in [0.05, 0.1) is 17.4 Å². The minimum absolute atomic E-state index is 0.241. The minimum Gasteiger partial charge on any atom is -0.472 e. The SMILES string of the molecule is CC1Cn2nc3cc(Br)ccc3c2O1. The van der Waals surface area contributed by atoms with Gasteiger partial charge in [-0.05, 0) is 25.1 Å². The molecule has 1 aliphatic heterocycles. The van der Waals surface area contributed by atoms with Crippen LogP contribution in [0, 0.1) is 0 Å². The second-order valence-electron chi connectivity index (χ2n) is 3.58. The molecule has 1 aliphatic rings. The van der Waals surface area contributed by atoms with Gasteiger partial charge in [0.1, 0.15) is 6.10 Å². The molecular weight excluding hydrogens is 244 g/mol. The first-order valence-corrected chi connectivity index (χ1v) is 5.36. The summed E-state index contributed by atoms with van der Waals surface area (Å²) < 4.78 is 8.67. The lowest BCUT2D eigenvalue weighted by Crippen LogP contribution is -2.08. The lowest BCUT2D eigenvalue weighted by atomic mass is 10.2. The molecule has 0 spiro atoms. The van der Waals surface area contributed by atoms with E-state index in [1.807, 2.05) is 22.9 Å². The fraction of sp³-hybridized carbons (Fsp3) is 0.300. The molecule has 1 unspecified atom stereocenters. The van der Waals surface area contributed by atoms with Gasteiger partial charge in [-0.3, -0.25) is 0 Å². The predicted octanol–water partition coefficient (Wildman–Crippen LogP) is 2.58. The van der Waals surface area contributed by atoms with Crippen LogP contribution in [0.25, 0.3) is 10.9 Å². The van der Waals surface area contributed by atoms with E-state index in [1.54, 1.807) is 0 Å². The monoisotopic (exact) mass is 252 g/mol. The molecule has 2 heterocycles. The van der Waals surface area contributed by atoms with E-state index in [2.05, 4.69) is 28.0 Å². The van der Waals surface area contributed by atoms with Gasteiger partial charge < -0.3 is 4.74 Å². The van der Waals surface area contributed by atoms with Gasteiger partial charge in [0.25, 0.3) is 0 Å². The highest BCUT2D eigenvalue weighted by atomic mass is 79.9. The molecule has 0 saturated heterocycles. The van der Waals surface area contributed by atoms with Crippen molar-refractivity contribution in [1.29, 1.82) is 0 Å². The fourth-order valence-electron chi connectivity index (χ4n) is 1.80. The van der Waals surface area contributed by atoms with Crippen molar-refractivity contribution in [2.45, 2.75) is 19.6 Å². The van der Waals surface area contributed by atoms with E-state index >= 15 is 0 Å². The normalized spacial score (nSPS) is 19.7. The predicted molar refractivity (Wildman–Crippen MR) is 57.5 cm³/mol. The first-order valence-electron chi connectivity index (χ1n) is 4.57. The zero-order chi connectivity index (χ0) is 9.71.